The molecule has 2 rings (SSSR count). The highest BCUT2D eigenvalue weighted by Crippen LogP contribution is 2.16. The van der Waals surface area contributed by atoms with Crippen LogP contribution in [0, 0.1) is 0 Å². The fourth-order valence-electron chi connectivity index (χ4n) is 3.08. The molecule has 0 amide bonds. The van der Waals surface area contributed by atoms with Gasteiger partial charge in [-0.25, -0.2) is 0 Å². The molecule has 0 aliphatic carbocycles. The van der Waals surface area contributed by atoms with Gasteiger partial charge in [-0.15, -0.1) is 0 Å². The van der Waals surface area contributed by atoms with Gasteiger partial charge in [-0.05, 0) is 36.6 Å². The van der Waals surface area contributed by atoms with E-state index in [2.05, 4.69) is 35.8 Å². The number of ketones is 2. The first kappa shape index (κ1) is 22.2. The first-order valence-corrected chi connectivity index (χ1v) is 14.8. The summed E-state index contributed by atoms with van der Waals surface area (Å²) in [5.74, 6) is -0.731. The normalized spacial score (nSPS) is 11.2. The molecule has 7 nitrogen and oxygen atoms in total. The molecule has 0 spiro atoms. The van der Waals surface area contributed by atoms with Crippen molar-refractivity contribution in [1.82, 2.24) is 0 Å². The lowest BCUT2D eigenvalue weighted by molar-refractivity contribution is 0.00214. The number of carbonyl (C=O) groups is 2. The van der Waals surface area contributed by atoms with E-state index in [4.69, 9.17) is 15.2 Å². The van der Waals surface area contributed by atoms with Gasteiger partial charge < -0.3 is 15.2 Å². The number of carbonyl (C=O) groups excluding carboxylic acids is 2. The minimum Gasteiger partial charge on any atom is -0.449 e. The highest BCUT2D eigenvalue weighted by molar-refractivity contribution is 6.96. The van der Waals surface area contributed by atoms with E-state index < -0.39 is 16.6 Å². The van der Waals surface area contributed by atoms with Crippen molar-refractivity contribution in [1.29, 1.82) is 0 Å². The molecule has 9 heteroatoms. The fourth-order valence-corrected chi connectivity index (χ4v) is 11.1. The van der Waals surface area contributed by atoms with Crippen LogP contribution in [0.2, 0.25) is 26.2 Å². The Morgan fingerprint density at radius 3 is 1.31 bits per heavy atom. The Bertz CT molecular complexity index is 935. The Labute approximate surface area is 171 Å². The monoisotopic (exact) mass is 422 g/mol. The van der Waals surface area contributed by atoms with Crippen molar-refractivity contribution in [3.63, 3.8) is 0 Å². The number of hydrogen-bond acceptors (Lipinski definition) is 3. The summed E-state index contributed by atoms with van der Waals surface area (Å²) in [5.41, 5.74) is 17.9. The quantitative estimate of drug-likeness (QED) is 0.213. The highest BCUT2D eigenvalue weighted by Gasteiger charge is 2.36. The summed E-state index contributed by atoms with van der Waals surface area (Å²) < 4.78 is 6.67. The van der Waals surface area contributed by atoms with Crippen molar-refractivity contribution < 1.29 is 23.3 Å². The third kappa shape index (κ3) is 5.48. The number of Topliss-reactive ketones (excluding diaryl/α,β-unsaturated/α-hetero) is 2. The number of hydrogen-bond donors (Lipinski definition) is 0. The molecular formula is C20H22N4O3Si2. The van der Waals surface area contributed by atoms with Gasteiger partial charge in [-0.2, -0.15) is 9.58 Å². The minimum atomic E-state index is -2.28. The van der Waals surface area contributed by atoms with Crippen LogP contribution in [0.1, 0.15) is 20.7 Å². The van der Waals surface area contributed by atoms with Crippen LogP contribution in [0.15, 0.2) is 48.5 Å². The Morgan fingerprint density at radius 1 is 0.724 bits per heavy atom. The molecule has 0 radical (unpaired) electrons. The SMILES string of the molecule is C[Si](C)(O[Si](C)(C)c1ccc(C(=O)C=[N+]=[N-])cc1)c1ccc(C(=O)C=[N+]=[N-])cc1. The number of nitrogens with zero attached hydrogens (tertiary/aromatic N) is 4. The van der Waals surface area contributed by atoms with E-state index in [1.807, 2.05) is 24.3 Å². The zero-order chi connectivity index (χ0) is 21.7. The lowest BCUT2D eigenvalue weighted by atomic mass is 10.1. The van der Waals surface area contributed by atoms with Crippen molar-refractivity contribution >= 4 is 51.0 Å². The topological polar surface area (TPSA) is 116 Å². The van der Waals surface area contributed by atoms with E-state index in [0.717, 1.165) is 22.8 Å². The third-order valence-corrected chi connectivity index (χ3v) is 12.1. The van der Waals surface area contributed by atoms with Crippen LogP contribution in [0.3, 0.4) is 0 Å². The van der Waals surface area contributed by atoms with Crippen LogP contribution >= 0.6 is 0 Å². The van der Waals surface area contributed by atoms with Crippen molar-refractivity contribution in [3.05, 3.63) is 70.7 Å². The maximum Gasteiger partial charge on any atom is 0.328 e. The predicted octanol–water partition coefficient (Wildman–Crippen LogP) is 2.19. The van der Waals surface area contributed by atoms with E-state index in [1.165, 1.54) is 0 Å². The lowest BCUT2D eigenvalue weighted by Gasteiger charge is -2.34. The molecule has 148 valence electrons. The van der Waals surface area contributed by atoms with Crippen LogP contribution in [0.4, 0.5) is 0 Å². The van der Waals surface area contributed by atoms with Crippen LogP contribution in [0.5, 0.6) is 0 Å². The second-order valence-corrected chi connectivity index (χ2v) is 15.5. The van der Waals surface area contributed by atoms with E-state index in [-0.39, 0.29) is 11.6 Å². The molecule has 0 aromatic heterocycles. The summed E-state index contributed by atoms with van der Waals surface area (Å²) in [6.07, 6.45) is 1.73. The van der Waals surface area contributed by atoms with E-state index in [1.54, 1.807) is 24.3 Å². The molecule has 0 aliphatic heterocycles. The summed E-state index contributed by atoms with van der Waals surface area (Å²) in [4.78, 5) is 29.1. The summed E-state index contributed by atoms with van der Waals surface area (Å²) in [6.45, 7) is 8.40. The van der Waals surface area contributed by atoms with Crippen LogP contribution in [-0.4, -0.2) is 50.2 Å². The second-order valence-electron chi connectivity index (χ2n) is 7.50. The minimum absolute atomic E-state index is 0.366. The predicted molar refractivity (Wildman–Crippen MR) is 116 cm³/mol. The Hall–Kier alpha value is -3.07. The van der Waals surface area contributed by atoms with E-state index in [9.17, 15) is 9.59 Å². The first-order valence-electron chi connectivity index (χ1n) is 8.95. The summed E-state index contributed by atoms with van der Waals surface area (Å²) in [7, 11) is -4.55. The van der Waals surface area contributed by atoms with Crippen LogP contribution in [0.25, 0.3) is 11.1 Å². The molecule has 2 aromatic carbocycles. The Balaban J connectivity index is 2.23. The van der Waals surface area contributed by atoms with Crippen LogP contribution < -0.4 is 10.4 Å². The molecular weight excluding hydrogens is 400 g/mol. The molecule has 0 unspecified atom stereocenters. The largest absolute Gasteiger partial charge is 0.449 e. The number of rotatable bonds is 8. The van der Waals surface area contributed by atoms with E-state index >= 15 is 0 Å². The molecule has 0 N–H and O–H groups in total. The van der Waals surface area contributed by atoms with Crippen molar-refractivity contribution in [2.75, 3.05) is 0 Å². The fraction of sp³-hybridized carbons (Fsp3) is 0.200. The van der Waals surface area contributed by atoms with Gasteiger partial charge in [-0.1, -0.05) is 48.5 Å². The van der Waals surface area contributed by atoms with Gasteiger partial charge >= 0.3 is 12.4 Å². The maximum absolute atomic E-state index is 11.8. The van der Waals surface area contributed by atoms with Gasteiger partial charge in [0.15, 0.2) is 0 Å². The first-order chi connectivity index (χ1) is 13.6. The third-order valence-electron chi connectivity index (χ3n) is 4.59. The van der Waals surface area contributed by atoms with Crippen LogP contribution in [-0.2, 0) is 4.12 Å². The summed E-state index contributed by atoms with van der Waals surface area (Å²) in [5, 5.41) is 2.09. The van der Waals surface area contributed by atoms with Crippen molar-refractivity contribution in [3.8, 4) is 0 Å². The average molecular weight is 423 g/mol. The van der Waals surface area contributed by atoms with Crippen molar-refractivity contribution in [2.45, 2.75) is 26.2 Å². The van der Waals surface area contributed by atoms with Gasteiger partial charge in [-0.3, -0.25) is 9.59 Å². The second kappa shape index (κ2) is 8.96. The van der Waals surface area contributed by atoms with E-state index in [0.29, 0.717) is 11.1 Å². The molecule has 0 heterocycles. The molecule has 2 aromatic rings. The van der Waals surface area contributed by atoms with Gasteiger partial charge in [0.05, 0.1) is 0 Å². The van der Waals surface area contributed by atoms with Gasteiger partial charge in [0.1, 0.15) is 0 Å². The molecule has 0 fully saturated rings. The lowest BCUT2D eigenvalue weighted by Crippen LogP contribution is -2.57. The molecule has 0 saturated carbocycles. The molecule has 0 saturated heterocycles. The average Bonchev–Trinajstić information content (AvgIpc) is 2.68. The molecule has 0 aliphatic rings. The van der Waals surface area contributed by atoms with Gasteiger partial charge in [0.25, 0.3) is 11.6 Å². The van der Waals surface area contributed by atoms with Crippen molar-refractivity contribution in [2.24, 2.45) is 0 Å². The smallest absolute Gasteiger partial charge is 0.328 e. The Kier molecular flexibility index (Phi) is 6.86. The highest BCUT2D eigenvalue weighted by atomic mass is 28.4. The molecule has 29 heavy (non-hydrogen) atoms. The Morgan fingerprint density at radius 2 is 1.03 bits per heavy atom. The standard InChI is InChI=1S/C20H22N4O3Si2/c1-28(2,17-9-5-15(6-10-17)19(25)13-23-21)27-29(3,4)18-11-7-16(8-12-18)20(26)14-24-22/h5-14H,1-4H3. The zero-order valence-corrected chi connectivity index (χ0v) is 18.8. The summed E-state index contributed by atoms with van der Waals surface area (Å²) >= 11 is 0. The zero-order valence-electron chi connectivity index (χ0n) is 16.8. The molecule has 0 bridgehead atoms. The maximum atomic E-state index is 11.8. The molecule has 0 atom stereocenters. The number of benzene rings is 2. The van der Waals surface area contributed by atoms with Gasteiger partial charge in [0.2, 0.25) is 16.6 Å². The summed E-state index contributed by atoms with van der Waals surface area (Å²) in [6, 6.07) is 14.3. The van der Waals surface area contributed by atoms with Gasteiger partial charge in [0, 0.05) is 11.1 Å².